The zero-order chi connectivity index (χ0) is 16.6. The predicted octanol–water partition coefficient (Wildman–Crippen LogP) is 1.65. The van der Waals surface area contributed by atoms with Crippen LogP contribution >= 0.6 is 0 Å². The Bertz CT molecular complexity index is 595. The van der Waals surface area contributed by atoms with Gasteiger partial charge < -0.3 is 20.6 Å². The molecule has 1 unspecified atom stereocenters. The lowest BCUT2D eigenvalue weighted by Gasteiger charge is -2.25. The number of carboxylic acids is 1. The summed E-state index contributed by atoms with van der Waals surface area (Å²) in [5.74, 6) is -3.87. The van der Waals surface area contributed by atoms with Crippen molar-refractivity contribution < 1.29 is 38.1 Å². The summed E-state index contributed by atoms with van der Waals surface area (Å²) in [7, 11) is 0. The summed E-state index contributed by atoms with van der Waals surface area (Å²) >= 11 is 0. The van der Waals surface area contributed by atoms with Gasteiger partial charge in [0, 0.05) is 11.3 Å². The third kappa shape index (κ3) is 3.07. The van der Waals surface area contributed by atoms with Gasteiger partial charge in [0.1, 0.15) is 11.3 Å². The molecule has 1 aromatic rings. The Labute approximate surface area is 116 Å². The van der Waals surface area contributed by atoms with Crippen LogP contribution in [0.5, 0.6) is 5.75 Å². The molecule has 0 aliphatic heterocycles. The largest absolute Gasteiger partial charge is 0.507 e. The lowest BCUT2D eigenvalue weighted by atomic mass is 10.0. The molecule has 0 aliphatic carbocycles. The number of carboxylic acid groups (broad SMARTS) is 1. The van der Waals surface area contributed by atoms with Crippen LogP contribution in [-0.2, 0) is 4.79 Å². The van der Waals surface area contributed by atoms with E-state index in [1.165, 1.54) is 6.92 Å². The van der Waals surface area contributed by atoms with Crippen molar-refractivity contribution in [2.45, 2.75) is 25.6 Å². The van der Waals surface area contributed by atoms with Gasteiger partial charge in [0.15, 0.2) is 0 Å². The average molecular weight is 307 g/mol. The monoisotopic (exact) mass is 307 g/mol. The van der Waals surface area contributed by atoms with E-state index in [4.69, 9.17) is 5.11 Å². The molecule has 0 aliphatic rings. The van der Waals surface area contributed by atoms with E-state index in [0.29, 0.717) is 0 Å². The maximum Gasteiger partial charge on any atom is 0.426 e. The number of halogens is 3. The van der Waals surface area contributed by atoms with Gasteiger partial charge in [-0.15, -0.1) is 0 Å². The summed E-state index contributed by atoms with van der Waals surface area (Å²) in [6.07, 6.45) is -5.19. The van der Waals surface area contributed by atoms with E-state index in [0.717, 1.165) is 12.1 Å². The first kappa shape index (κ1) is 16.8. The van der Waals surface area contributed by atoms with E-state index in [1.54, 1.807) is 5.32 Å². The molecule has 1 aromatic carbocycles. The maximum atomic E-state index is 12.5. The van der Waals surface area contributed by atoms with Gasteiger partial charge in [-0.05, 0) is 26.0 Å². The molecule has 0 saturated carbocycles. The van der Waals surface area contributed by atoms with Crippen molar-refractivity contribution in [1.82, 2.24) is 0 Å². The third-order valence-corrected chi connectivity index (χ3v) is 2.90. The highest BCUT2D eigenvalue weighted by molar-refractivity contribution is 5.99. The Morgan fingerprint density at radius 1 is 1.24 bits per heavy atom. The molecule has 0 fully saturated rings. The lowest BCUT2D eigenvalue weighted by molar-refractivity contribution is -0.242. The first-order valence-corrected chi connectivity index (χ1v) is 5.56. The molecule has 0 aromatic heterocycles. The number of alkyl halides is 3. The highest BCUT2D eigenvalue weighted by Crippen LogP contribution is 2.33. The fourth-order valence-electron chi connectivity index (χ4n) is 1.38. The van der Waals surface area contributed by atoms with Crippen LogP contribution in [0.15, 0.2) is 12.1 Å². The van der Waals surface area contributed by atoms with Crippen molar-refractivity contribution in [2.75, 3.05) is 5.32 Å². The minimum atomic E-state index is -5.19. The van der Waals surface area contributed by atoms with E-state index in [2.05, 4.69) is 0 Å². The molecule has 0 bridgehead atoms. The number of benzene rings is 1. The Kier molecular flexibility index (Phi) is 4.19. The molecule has 1 atom stereocenters. The number of phenols is 1. The smallest absolute Gasteiger partial charge is 0.426 e. The molecule has 1 amide bonds. The van der Waals surface area contributed by atoms with Crippen LogP contribution in [0.2, 0.25) is 0 Å². The molecule has 0 radical (unpaired) electrons. The molecule has 4 N–H and O–H groups in total. The highest BCUT2D eigenvalue weighted by atomic mass is 19.4. The normalized spacial score (nSPS) is 14.4. The van der Waals surface area contributed by atoms with Gasteiger partial charge in [-0.25, -0.2) is 4.79 Å². The molecule has 116 valence electrons. The van der Waals surface area contributed by atoms with Crippen molar-refractivity contribution in [3.05, 3.63) is 23.3 Å². The maximum absolute atomic E-state index is 12.5. The van der Waals surface area contributed by atoms with Gasteiger partial charge in [-0.1, -0.05) is 0 Å². The molecule has 0 spiro atoms. The van der Waals surface area contributed by atoms with Crippen molar-refractivity contribution >= 4 is 17.6 Å². The number of nitrogens with one attached hydrogen (secondary N) is 1. The SMILES string of the molecule is Cc1c(NC(=O)C(C)(O)C(F)(F)F)ccc(C(=O)O)c1O. The summed E-state index contributed by atoms with van der Waals surface area (Å²) in [5.41, 5.74) is -4.47. The number of amides is 1. The number of aromatic hydroxyl groups is 1. The summed E-state index contributed by atoms with van der Waals surface area (Å²) in [6.45, 7) is 1.49. The summed E-state index contributed by atoms with van der Waals surface area (Å²) in [5, 5.41) is 29.4. The first-order chi connectivity index (χ1) is 9.39. The Hall–Kier alpha value is -2.29. The lowest BCUT2D eigenvalue weighted by Crippen LogP contribution is -2.52. The van der Waals surface area contributed by atoms with Crippen molar-refractivity contribution in [3.63, 3.8) is 0 Å². The van der Waals surface area contributed by atoms with Gasteiger partial charge >= 0.3 is 12.1 Å². The van der Waals surface area contributed by atoms with E-state index >= 15 is 0 Å². The van der Waals surface area contributed by atoms with E-state index in [1.807, 2.05) is 0 Å². The molecular formula is C12H12F3NO5. The number of hydrogen-bond acceptors (Lipinski definition) is 4. The number of anilines is 1. The molecule has 1 rings (SSSR count). The second-order valence-electron chi connectivity index (χ2n) is 4.46. The summed E-state index contributed by atoms with van der Waals surface area (Å²) in [4.78, 5) is 22.2. The second-order valence-corrected chi connectivity index (χ2v) is 4.46. The van der Waals surface area contributed by atoms with Crippen LogP contribution in [0.3, 0.4) is 0 Å². The van der Waals surface area contributed by atoms with Crippen LogP contribution in [0, 0.1) is 6.92 Å². The van der Waals surface area contributed by atoms with Crippen molar-refractivity contribution in [2.24, 2.45) is 0 Å². The highest BCUT2D eigenvalue weighted by Gasteiger charge is 2.55. The van der Waals surface area contributed by atoms with Gasteiger partial charge in [0.25, 0.3) is 5.91 Å². The van der Waals surface area contributed by atoms with Crippen LogP contribution in [0.25, 0.3) is 0 Å². The minimum Gasteiger partial charge on any atom is -0.507 e. The van der Waals surface area contributed by atoms with Gasteiger partial charge in [-0.3, -0.25) is 4.79 Å². The van der Waals surface area contributed by atoms with Crippen LogP contribution in [0.1, 0.15) is 22.8 Å². The fraction of sp³-hybridized carbons (Fsp3) is 0.333. The van der Waals surface area contributed by atoms with Crippen molar-refractivity contribution in [1.29, 1.82) is 0 Å². The Balaban J connectivity index is 3.14. The Morgan fingerprint density at radius 3 is 2.19 bits per heavy atom. The summed E-state index contributed by atoms with van der Waals surface area (Å²) in [6, 6.07) is 1.94. The van der Waals surface area contributed by atoms with Crippen molar-refractivity contribution in [3.8, 4) is 5.75 Å². The van der Waals surface area contributed by atoms with Gasteiger partial charge in [0.05, 0.1) is 0 Å². The van der Waals surface area contributed by atoms with E-state index < -0.39 is 35.0 Å². The van der Waals surface area contributed by atoms with Gasteiger partial charge in [0.2, 0.25) is 5.60 Å². The predicted molar refractivity (Wildman–Crippen MR) is 65.1 cm³/mol. The zero-order valence-electron chi connectivity index (χ0n) is 10.9. The number of aromatic carboxylic acids is 1. The zero-order valence-corrected chi connectivity index (χ0v) is 10.9. The topological polar surface area (TPSA) is 107 Å². The number of hydrogen-bond donors (Lipinski definition) is 4. The molecule has 9 heteroatoms. The fourth-order valence-corrected chi connectivity index (χ4v) is 1.38. The van der Waals surface area contributed by atoms with Crippen LogP contribution < -0.4 is 5.32 Å². The quantitative estimate of drug-likeness (QED) is 0.679. The molecule has 0 heterocycles. The number of aliphatic hydroxyl groups is 1. The summed E-state index contributed by atoms with van der Waals surface area (Å²) < 4.78 is 37.5. The number of carbonyl (C=O) groups excluding carboxylic acids is 1. The van der Waals surface area contributed by atoms with Gasteiger partial charge in [-0.2, -0.15) is 13.2 Å². The second kappa shape index (κ2) is 5.24. The first-order valence-electron chi connectivity index (χ1n) is 5.56. The molecule has 21 heavy (non-hydrogen) atoms. The standard InChI is InChI=1S/C12H12F3NO5/c1-5-7(4-3-6(8(5)17)9(18)19)16-10(20)11(2,21)12(13,14)15/h3-4,17,21H,1-2H3,(H,16,20)(H,18,19). The number of rotatable bonds is 3. The Morgan fingerprint density at radius 2 is 1.76 bits per heavy atom. The third-order valence-electron chi connectivity index (χ3n) is 2.90. The minimum absolute atomic E-state index is 0.138. The average Bonchev–Trinajstić information content (AvgIpc) is 2.33. The van der Waals surface area contributed by atoms with Crippen LogP contribution in [0.4, 0.5) is 18.9 Å². The van der Waals surface area contributed by atoms with Crippen LogP contribution in [-0.4, -0.2) is 39.0 Å². The molecule has 0 saturated heterocycles. The van der Waals surface area contributed by atoms with E-state index in [9.17, 15) is 33.0 Å². The molecular weight excluding hydrogens is 295 g/mol. The number of carbonyl (C=O) groups is 2. The van der Waals surface area contributed by atoms with E-state index in [-0.39, 0.29) is 18.2 Å². The molecule has 6 nitrogen and oxygen atoms in total.